The zero-order valence-corrected chi connectivity index (χ0v) is 19.1. The van der Waals surface area contributed by atoms with E-state index >= 15 is 0 Å². The van der Waals surface area contributed by atoms with Gasteiger partial charge in [-0.05, 0) is 54.0 Å². The van der Waals surface area contributed by atoms with E-state index in [2.05, 4.69) is 5.32 Å². The predicted molar refractivity (Wildman–Crippen MR) is 121 cm³/mol. The first-order valence-electron chi connectivity index (χ1n) is 10.6. The first-order chi connectivity index (χ1) is 14.1. The molecule has 0 aromatic heterocycles. The van der Waals surface area contributed by atoms with Gasteiger partial charge in [-0.25, -0.2) is 8.42 Å². The normalized spacial score (nSPS) is 14.1. The lowest BCUT2D eigenvalue weighted by atomic mass is 9.93. The quantitative estimate of drug-likeness (QED) is 0.535. The van der Waals surface area contributed by atoms with E-state index in [1.165, 1.54) is 0 Å². The fourth-order valence-electron chi connectivity index (χ4n) is 3.66. The Morgan fingerprint density at radius 2 is 1.60 bits per heavy atom. The monoisotopic (exact) mass is 431 g/mol. The molecule has 0 bridgehead atoms. The van der Waals surface area contributed by atoms with E-state index < -0.39 is 21.8 Å². The molecular weight excluding hydrogens is 398 g/mol. The maximum absolute atomic E-state index is 12.9. The van der Waals surface area contributed by atoms with Gasteiger partial charge in [-0.3, -0.25) is 4.79 Å². The van der Waals surface area contributed by atoms with E-state index in [0.717, 1.165) is 17.1 Å². The van der Waals surface area contributed by atoms with Gasteiger partial charge < -0.3 is 10.1 Å². The van der Waals surface area contributed by atoms with Crippen molar-refractivity contribution < 1.29 is 18.0 Å². The lowest BCUT2D eigenvalue weighted by Crippen LogP contribution is -2.41. The highest BCUT2D eigenvalue weighted by Gasteiger charge is 2.26. The molecule has 2 aromatic carbocycles. The van der Waals surface area contributed by atoms with E-state index in [9.17, 15) is 18.0 Å². The molecule has 164 valence electrons. The van der Waals surface area contributed by atoms with Crippen LogP contribution in [0.2, 0.25) is 0 Å². The summed E-state index contributed by atoms with van der Waals surface area (Å²) in [7, 11) is -3.52. The summed E-state index contributed by atoms with van der Waals surface area (Å²) in [6.45, 7) is 7.99. The molecule has 5 nitrogen and oxygen atoms in total. The number of hydrogen-bond donors (Lipinski definition) is 1. The summed E-state index contributed by atoms with van der Waals surface area (Å²) >= 11 is 0. The minimum Gasteiger partial charge on any atom is -0.346 e. The summed E-state index contributed by atoms with van der Waals surface area (Å²) in [4.78, 5) is 24.4. The molecule has 1 N–H and O–H groups in total. The van der Waals surface area contributed by atoms with Gasteiger partial charge in [0.2, 0.25) is 5.91 Å². The Morgan fingerprint density at radius 3 is 2.20 bits per heavy atom. The van der Waals surface area contributed by atoms with Crippen molar-refractivity contribution in [3.8, 4) is 0 Å². The first-order valence-corrected chi connectivity index (χ1v) is 12.2. The van der Waals surface area contributed by atoms with Crippen molar-refractivity contribution in [3.05, 3.63) is 42.5 Å². The first kappa shape index (κ1) is 24.1. The number of carbonyl (C=O) groups is 2. The Labute approximate surface area is 180 Å². The number of aldehydes is 1. The van der Waals surface area contributed by atoms with Crippen LogP contribution in [0.15, 0.2) is 47.4 Å². The van der Waals surface area contributed by atoms with Crippen LogP contribution in [0.5, 0.6) is 0 Å². The summed E-state index contributed by atoms with van der Waals surface area (Å²) in [6, 6.07) is 12.2. The lowest BCUT2D eigenvalue weighted by molar-refractivity contribution is -0.128. The van der Waals surface area contributed by atoms with Crippen molar-refractivity contribution in [2.45, 2.75) is 57.9 Å². The van der Waals surface area contributed by atoms with Crippen molar-refractivity contribution in [1.29, 1.82) is 0 Å². The van der Waals surface area contributed by atoms with Crippen molar-refractivity contribution >= 4 is 32.8 Å². The largest absolute Gasteiger partial charge is 0.346 e. The van der Waals surface area contributed by atoms with Gasteiger partial charge in [-0.15, -0.1) is 0 Å². The summed E-state index contributed by atoms with van der Waals surface area (Å²) in [6.07, 6.45) is 2.13. The van der Waals surface area contributed by atoms with Gasteiger partial charge in [0.1, 0.15) is 6.29 Å². The Hall–Kier alpha value is -2.21. The van der Waals surface area contributed by atoms with Crippen LogP contribution in [0.25, 0.3) is 10.8 Å². The fourth-order valence-corrected chi connectivity index (χ4v) is 5.07. The molecule has 0 fully saturated rings. The molecule has 0 saturated carbocycles. The van der Waals surface area contributed by atoms with E-state index in [0.29, 0.717) is 12.8 Å². The van der Waals surface area contributed by atoms with Gasteiger partial charge in [0.05, 0.1) is 16.7 Å². The smallest absolute Gasteiger partial charge is 0.223 e. The second kappa shape index (κ2) is 10.7. The summed E-state index contributed by atoms with van der Waals surface area (Å²) in [5, 5.41) is 4.66. The maximum atomic E-state index is 12.9. The summed E-state index contributed by atoms with van der Waals surface area (Å²) < 4.78 is 25.8. The highest BCUT2D eigenvalue weighted by atomic mass is 32.2. The topological polar surface area (TPSA) is 80.3 Å². The van der Waals surface area contributed by atoms with Crippen LogP contribution in [-0.2, 0) is 19.4 Å². The van der Waals surface area contributed by atoms with Gasteiger partial charge in [-0.2, -0.15) is 0 Å². The van der Waals surface area contributed by atoms with Gasteiger partial charge >= 0.3 is 0 Å². The summed E-state index contributed by atoms with van der Waals surface area (Å²) in [5.41, 5.74) is 0. The van der Waals surface area contributed by atoms with E-state index in [4.69, 9.17) is 0 Å². The molecule has 6 heteroatoms. The van der Waals surface area contributed by atoms with Crippen LogP contribution in [0.3, 0.4) is 0 Å². The van der Waals surface area contributed by atoms with Crippen LogP contribution >= 0.6 is 0 Å². The second-order valence-corrected chi connectivity index (χ2v) is 10.9. The zero-order valence-electron chi connectivity index (χ0n) is 18.3. The molecule has 0 spiro atoms. The van der Waals surface area contributed by atoms with Gasteiger partial charge in [0.25, 0.3) is 0 Å². The molecule has 0 aliphatic carbocycles. The van der Waals surface area contributed by atoms with Gasteiger partial charge in [-0.1, -0.05) is 58.0 Å². The molecule has 2 atom stereocenters. The standard InChI is InChI=1S/C24H33NO4S/c1-17(2)13-21(24(27)25-22(16-26)14-18(3)4)11-12-30(28,29)23-10-9-19-7-5-6-8-20(19)15-23/h5-10,15-18,21-22H,11-14H2,1-4H3,(H,25,27)/t21-,22-/m0/s1. The molecule has 0 aliphatic rings. The number of benzene rings is 2. The van der Waals surface area contributed by atoms with Crippen LogP contribution in [0, 0.1) is 17.8 Å². The van der Waals surface area contributed by atoms with Crippen LogP contribution in [0.4, 0.5) is 0 Å². The molecule has 0 aliphatic heterocycles. The number of rotatable bonds is 11. The third kappa shape index (κ3) is 6.94. The highest BCUT2D eigenvalue weighted by Crippen LogP contribution is 2.23. The number of carbonyl (C=O) groups excluding carboxylic acids is 2. The maximum Gasteiger partial charge on any atom is 0.223 e. The number of amides is 1. The van der Waals surface area contributed by atoms with Crippen molar-refractivity contribution in [2.24, 2.45) is 17.8 Å². The minimum atomic E-state index is -3.52. The molecule has 1 amide bonds. The minimum absolute atomic E-state index is 0.105. The molecule has 30 heavy (non-hydrogen) atoms. The zero-order chi connectivity index (χ0) is 22.3. The molecule has 2 rings (SSSR count). The SMILES string of the molecule is CC(C)C[C@H](CCS(=O)(=O)c1ccc2ccccc2c1)C(=O)N[C@H](C=O)CC(C)C. The Morgan fingerprint density at radius 1 is 0.967 bits per heavy atom. The number of sulfone groups is 1. The average Bonchev–Trinajstić information content (AvgIpc) is 2.69. The molecule has 0 radical (unpaired) electrons. The van der Waals surface area contributed by atoms with E-state index in [1.54, 1.807) is 18.2 Å². The molecular formula is C24H33NO4S. The Bertz CT molecular complexity index is 966. The number of nitrogens with one attached hydrogen (secondary N) is 1. The fraction of sp³-hybridized carbons (Fsp3) is 0.500. The molecule has 0 saturated heterocycles. The van der Waals surface area contributed by atoms with Gasteiger partial charge in [0, 0.05) is 5.92 Å². The lowest BCUT2D eigenvalue weighted by Gasteiger charge is -2.22. The third-order valence-electron chi connectivity index (χ3n) is 5.16. The van der Waals surface area contributed by atoms with E-state index in [1.807, 2.05) is 52.0 Å². The van der Waals surface area contributed by atoms with Crippen molar-refractivity contribution in [2.75, 3.05) is 5.75 Å². The van der Waals surface area contributed by atoms with Gasteiger partial charge in [0.15, 0.2) is 9.84 Å². The third-order valence-corrected chi connectivity index (χ3v) is 6.90. The number of hydrogen-bond acceptors (Lipinski definition) is 4. The molecule has 0 unspecified atom stereocenters. The summed E-state index contributed by atoms with van der Waals surface area (Å²) in [5.74, 6) is -0.280. The van der Waals surface area contributed by atoms with Crippen LogP contribution in [-0.4, -0.2) is 32.4 Å². The molecule has 2 aromatic rings. The average molecular weight is 432 g/mol. The Balaban J connectivity index is 2.13. The van der Waals surface area contributed by atoms with Crippen molar-refractivity contribution in [3.63, 3.8) is 0 Å². The second-order valence-electron chi connectivity index (χ2n) is 8.82. The van der Waals surface area contributed by atoms with Crippen LogP contribution in [0.1, 0.15) is 47.0 Å². The highest BCUT2D eigenvalue weighted by molar-refractivity contribution is 7.91. The number of fused-ring (bicyclic) bond motifs is 1. The predicted octanol–water partition coefficient (Wildman–Crippen LogP) is 4.40. The Kier molecular flexibility index (Phi) is 8.59. The molecule has 0 heterocycles. The van der Waals surface area contributed by atoms with Crippen molar-refractivity contribution in [1.82, 2.24) is 5.32 Å². The van der Waals surface area contributed by atoms with E-state index in [-0.39, 0.29) is 34.8 Å². The van der Waals surface area contributed by atoms with Crippen LogP contribution < -0.4 is 5.32 Å².